The van der Waals surface area contributed by atoms with Gasteiger partial charge in [-0.15, -0.1) is 0 Å². The third-order valence-electron chi connectivity index (χ3n) is 3.22. The Morgan fingerprint density at radius 3 is 3.05 bits per heavy atom. The molecule has 7 heteroatoms. The maximum Gasteiger partial charge on any atom is 0.273 e. The molecule has 0 aliphatic carbocycles. The summed E-state index contributed by atoms with van der Waals surface area (Å²) in [5.41, 5.74) is 1.99. The number of rotatable bonds is 5. The van der Waals surface area contributed by atoms with Crippen molar-refractivity contribution >= 4 is 38.8 Å². The van der Waals surface area contributed by atoms with Crippen LogP contribution in [0.15, 0.2) is 45.6 Å². The molecule has 0 fully saturated rings. The van der Waals surface area contributed by atoms with E-state index in [2.05, 4.69) is 26.2 Å². The van der Waals surface area contributed by atoms with Crippen LogP contribution in [0.1, 0.15) is 10.5 Å². The number of anilines is 1. The van der Waals surface area contributed by atoms with E-state index in [4.69, 9.17) is 9.15 Å². The first-order valence-electron chi connectivity index (χ1n) is 6.69. The first-order valence-corrected chi connectivity index (χ1v) is 7.48. The van der Waals surface area contributed by atoms with Gasteiger partial charge in [0.15, 0.2) is 10.3 Å². The second-order valence-corrected chi connectivity index (χ2v) is 5.42. The smallest absolute Gasteiger partial charge is 0.273 e. The van der Waals surface area contributed by atoms with Crippen molar-refractivity contribution in [3.63, 3.8) is 0 Å². The topological polar surface area (TPSA) is 69.3 Å². The highest BCUT2D eigenvalue weighted by Gasteiger charge is 2.18. The number of carbonyl (C=O) groups is 1. The molecule has 22 heavy (non-hydrogen) atoms. The van der Waals surface area contributed by atoms with E-state index in [1.807, 2.05) is 16.7 Å². The Balaban J connectivity index is 1.94. The van der Waals surface area contributed by atoms with Crippen LogP contribution in [0.2, 0.25) is 0 Å². The highest BCUT2D eigenvalue weighted by Crippen LogP contribution is 2.27. The molecule has 0 atom stereocenters. The van der Waals surface area contributed by atoms with E-state index in [1.165, 1.54) is 0 Å². The van der Waals surface area contributed by atoms with Crippen molar-refractivity contribution in [2.75, 3.05) is 19.0 Å². The van der Waals surface area contributed by atoms with E-state index >= 15 is 0 Å². The Kier molecular flexibility index (Phi) is 4.26. The van der Waals surface area contributed by atoms with Gasteiger partial charge in [-0.1, -0.05) is 6.07 Å². The molecule has 0 saturated carbocycles. The Labute approximate surface area is 135 Å². The Bertz CT molecular complexity index is 795. The lowest BCUT2D eigenvalue weighted by Gasteiger charge is -2.09. The number of hydrogen-bond acceptors (Lipinski definition) is 4. The SMILES string of the molecule is COCCn1c(C(=O)Nc2ccccn2)cc2oc(Br)cc21. The Morgan fingerprint density at radius 2 is 2.32 bits per heavy atom. The number of halogens is 1. The molecule has 0 spiro atoms. The lowest BCUT2D eigenvalue weighted by molar-refractivity contribution is 0.101. The summed E-state index contributed by atoms with van der Waals surface area (Å²) >= 11 is 3.30. The number of methoxy groups -OCH3 is 1. The zero-order valence-corrected chi connectivity index (χ0v) is 13.5. The van der Waals surface area contributed by atoms with Crippen LogP contribution >= 0.6 is 15.9 Å². The van der Waals surface area contributed by atoms with Crippen molar-refractivity contribution in [2.45, 2.75) is 6.54 Å². The van der Waals surface area contributed by atoms with Gasteiger partial charge in [-0.25, -0.2) is 4.98 Å². The van der Waals surface area contributed by atoms with Crippen molar-refractivity contribution in [1.82, 2.24) is 9.55 Å². The molecule has 0 aromatic carbocycles. The van der Waals surface area contributed by atoms with Crippen molar-refractivity contribution in [2.24, 2.45) is 0 Å². The van der Waals surface area contributed by atoms with E-state index < -0.39 is 0 Å². The van der Waals surface area contributed by atoms with Gasteiger partial charge in [0.2, 0.25) is 0 Å². The average Bonchev–Trinajstić information content (AvgIpc) is 3.02. The third kappa shape index (κ3) is 2.90. The van der Waals surface area contributed by atoms with Crippen LogP contribution in [0.25, 0.3) is 11.1 Å². The summed E-state index contributed by atoms with van der Waals surface area (Å²) in [6, 6.07) is 8.90. The van der Waals surface area contributed by atoms with E-state index in [-0.39, 0.29) is 5.91 Å². The second kappa shape index (κ2) is 6.33. The normalized spacial score (nSPS) is 11.0. The van der Waals surface area contributed by atoms with E-state index in [0.717, 1.165) is 5.52 Å². The molecule has 0 saturated heterocycles. The predicted molar refractivity (Wildman–Crippen MR) is 86.0 cm³/mol. The zero-order valence-electron chi connectivity index (χ0n) is 11.9. The van der Waals surface area contributed by atoms with Gasteiger partial charge in [0.25, 0.3) is 5.91 Å². The number of aromatic nitrogens is 2. The highest BCUT2D eigenvalue weighted by atomic mass is 79.9. The van der Waals surface area contributed by atoms with Gasteiger partial charge in [0.05, 0.1) is 12.1 Å². The molecule has 3 aromatic heterocycles. The number of pyridine rings is 1. The molecule has 0 bridgehead atoms. The van der Waals surface area contributed by atoms with Crippen LogP contribution in [-0.2, 0) is 11.3 Å². The fourth-order valence-electron chi connectivity index (χ4n) is 2.24. The molecular weight excluding hydrogens is 350 g/mol. The standard InChI is InChI=1S/C15H14BrN3O3/c1-21-7-6-19-10-9-13(16)22-12(10)8-11(19)15(20)18-14-4-2-3-5-17-14/h2-5,8-9H,6-7H2,1H3,(H,17,18,20). The fourth-order valence-corrected chi connectivity index (χ4v) is 2.63. The number of hydrogen-bond donors (Lipinski definition) is 1. The number of ether oxygens (including phenoxy) is 1. The number of nitrogens with one attached hydrogen (secondary N) is 1. The summed E-state index contributed by atoms with van der Waals surface area (Å²) in [4.78, 5) is 16.6. The molecule has 0 aliphatic rings. The van der Waals surface area contributed by atoms with Gasteiger partial charge >= 0.3 is 0 Å². The van der Waals surface area contributed by atoms with Gasteiger partial charge in [0, 0.05) is 32.0 Å². The van der Waals surface area contributed by atoms with Crippen LogP contribution in [0.4, 0.5) is 5.82 Å². The number of amides is 1. The van der Waals surface area contributed by atoms with Crippen molar-refractivity contribution < 1.29 is 13.9 Å². The quantitative estimate of drug-likeness (QED) is 0.754. The maximum absolute atomic E-state index is 12.5. The summed E-state index contributed by atoms with van der Waals surface area (Å²) in [6.07, 6.45) is 1.63. The lowest BCUT2D eigenvalue weighted by Crippen LogP contribution is -2.18. The monoisotopic (exact) mass is 363 g/mol. The van der Waals surface area contributed by atoms with E-state index in [1.54, 1.807) is 31.5 Å². The van der Waals surface area contributed by atoms with Crippen LogP contribution in [0.3, 0.4) is 0 Å². The first-order chi connectivity index (χ1) is 10.7. The van der Waals surface area contributed by atoms with Crippen molar-refractivity contribution in [3.8, 4) is 0 Å². The van der Waals surface area contributed by atoms with Gasteiger partial charge in [0.1, 0.15) is 11.5 Å². The molecule has 1 N–H and O–H groups in total. The van der Waals surface area contributed by atoms with E-state index in [0.29, 0.717) is 34.9 Å². The van der Waals surface area contributed by atoms with Gasteiger partial charge < -0.3 is 19.0 Å². The molecule has 6 nitrogen and oxygen atoms in total. The number of furan rings is 1. The Hall–Kier alpha value is -2.12. The van der Waals surface area contributed by atoms with Crippen molar-refractivity contribution in [1.29, 1.82) is 0 Å². The van der Waals surface area contributed by atoms with Crippen LogP contribution in [-0.4, -0.2) is 29.2 Å². The molecule has 3 heterocycles. The summed E-state index contributed by atoms with van der Waals surface area (Å²) in [7, 11) is 1.62. The molecule has 1 amide bonds. The molecule has 0 aliphatic heterocycles. The van der Waals surface area contributed by atoms with Crippen LogP contribution in [0.5, 0.6) is 0 Å². The minimum atomic E-state index is -0.239. The van der Waals surface area contributed by atoms with E-state index in [9.17, 15) is 4.79 Å². The summed E-state index contributed by atoms with van der Waals surface area (Å²) in [5.74, 6) is 0.266. The van der Waals surface area contributed by atoms with Gasteiger partial charge in [-0.05, 0) is 28.1 Å². The Morgan fingerprint density at radius 1 is 1.45 bits per heavy atom. The number of nitrogens with zero attached hydrogens (tertiary/aromatic N) is 2. The average molecular weight is 364 g/mol. The zero-order chi connectivity index (χ0) is 15.5. The molecular formula is C15H14BrN3O3. The second-order valence-electron chi connectivity index (χ2n) is 4.64. The first kappa shape index (κ1) is 14.8. The van der Waals surface area contributed by atoms with Crippen LogP contribution < -0.4 is 5.32 Å². The summed E-state index contributed by atoms with van der Waals surface area (Å²) < 4.78 is 13.1. The molecule has 0 radical (unpaired) electrons. The van der Waals surface area contributed by atoms with Gasteiger partial charge in [-0.2, -0.15) is 0 Å². The minimum absolute atomic E-state index is 0.239. The fraction of sp³-hybridized carbons (Fsp3) is 0.200. The number of carbonyl (C=O) groups excluding carboxylic acids is 1. The van der Waals surface area contributed by atoms with Crippen molar-refractivity contribution in [3.05, 3.63) is 46.9 Å². The van der Waals surface area contributed by atoms with Crippen LogP contribution in [0, 0.1) is 0 Å². The maximum atomic E-state index is 12.5. The summed E-state index contributed by atoms with van der Waals surface area (Å²) in [6.45, 7) is 1.05. The molecule has 3 rings (SSSR count). The number of fused-ring (bicyclic) bond motifs is 1. The largest absolute Gasteiger partial charge is 0.448 e. The van der Waals surface area contributed by atoms with Gasteiger partial charge in [-0.3, -0.25) is 4.79 Å². The molecule has 0 unspecified atom stereocenters. The molecule has 3 aromatic rings. The lowest BCUT2D eigenvalue weighted by atomic mass is 10.3. The molecule has 114 valence electrons. The summed E-state index contributed by atoms with van der Waals surface area (Å²) in [5, 5.41) is 2.78. The minimum Gasteiger partial charge on any atom is -0.448 e. The highest BCUT2D eigenvalue weighted by molar-refractivity contribution is 9.10. The predicted octanol–water partition coefficient (Wildman–Crippen LogP) is 3.29. The third-order valence-corrected chi connectivity index (χ3v) is 3.61.